The fraction of sp³-hybridized carbons (Fsp3) is 0.273. The van der Waals surface area contributed by atoms with Gasteiger partial charge in [-0.25, -0.2) is 19.2 Å². The van der Waals surface area contributed by atoms with Crippen molar-refractivity contribution in [3.8, 4) is 17.3 Å². The lowest BCUT2D eigenvalue weighted by Gasteiger charge is -2.28. The summed E-state index contributed by atoms with van der Waals surface area (Å²) in [6.07, 6.45) is 1.81. The normalized spacial score (nSPS) is 16.1. The first-order chi connectivity index (χ1) is 20.6. The van der Waals surface area contributed by atoms with E-state index in [9.17, 15) is 9.90 Å². The monoisotopic (exact) mass is 600 g/mol. The highest BCUT2D eigenvalue weighted by molar-refractivity contribution is 6.30. The molecule has 43 heavy (non-hydrogen) atoms. The number of hydrogen-bond acceptors (Lipinski definition) is 6. The van der Waals surface area contributed by atoms with E-state index in [1.54, 1.807) is 36.5 Å². The molecule has 220 valence electrons. The highest BCUT2D eigenvalue weighted by Crippen LogP contribution is 2.40. The van der Waals surface area contributed by atoms with Gasteiger partial charge in [0.05, 0.1) is 41.5 Å². The summed E-state index contributed by atoms with van der Waals surface area (Å²) in [5, 5.41) is 10.3. The molecule has 0 saturated carbocycles. The highest BCUT2D eigenvalue weighted by Gasteiger charge is 2.39. The number of imidazole rings is 1. The number of aromatic nitrogens is 4. The Hall–Kier alpha value is -4.34. The summed E-state index contributed by atoms with van der Waals surface area (Å²) in [6.45, 7) is 7.41. The van der Waals surface area contributed by atoms with Crippen LogP contribution >= 0.6 is 11.6 Å². The van der Waals surface area contributed by atoms with Crippen molar-refractivity contribution in [3.05, 3.63) is 106 Å². The Balaban J connectivity index is 1.32. The fourth-order valence-electron chi connectivity index (χ4n) is 5.54. The lowest BCUT2D eigenvalue weighted by Crippen LogP contribution is -2.27. The molecule has 1 atom stereocenters. The van der Waals surface area contributed by atoms with Gasteiger partial charge in [-0.1, -0.05) is 43.6 Å². The van der Waals surface area contributed by atoms with Crippen LogP contribution in [0.5, 0.6) is 6.01 Å². The average molecular weight is 601 g/mol. The van der Waals surface area contributed by atoms with Gasteiger partial charge in [0, 0.05) is 28.6 Å². The third-order valence-corrected chi connectivity index (χ3v) is 8.16. The summed E-state index contributed by atoms with van der Waals surface area (Å²) in [4.78, 5) is 25.3. The summed E-state index contributed by atoms with van der Waals surface area (Å²) in [7, 11) is 0. The number of hydrogen-bond donors (Lipinski definition) is 1. The molecule has 1 aliphatic rings. The Labute approximate surface area is 253 Å². The Kier molecular flexibility index (Phi) is 7.62. The lowest BCUT2D eigenvalue weighted by molar-refractivity contribution is 0.0697. The lowest BCUT2D eigenvalue weighted by atomic mass is 9.87. The summed E-state index contributed by atoms with van der Waals surface area (Å²) in [5.74, 6) is -0.764. The minimum atomic E-state index is -1.02. The van der Waals surface area contributed by atoms with Crippen molar-refractivity contribution in [1.29, 1.82) is 0 Å². The van der Waals surface area contributed by atoms with Gasteiger partial charge in [0.15, 0.2) is 0 Å². The quantitative estimate of drug-likeness (QED) is 0.203. The minimum absolute atomic E-state index is 0.0905. The van der Waals surface area contributed by atoms with Crippen LogP contribution in [0.1, 0.15) is 52.8 Å². The molecule has 1 aliphatic heterocycles. The molecule has 10 heteroatoms. The second-order valence-corrected chi connectivity index (χ2v) is 11.9. The molecular formula is C33H30ClFN4O4. The predicted octanol–water partition coefficient (Wildman–Crippen LogP) is 7.06. The van der Waals surface area contributed by atoms with E-state index in [0.717, 1.165) is 11.1 Å². The van der Waals surface area contributed by atoms with Crippen LogP contribution in [0.15, 0.2) is 66.9 Å². The van der Waals surface area contributed by atoms with E-state index in [0.29, 0.717) is 51.9 Å². The van der Waals surface area contributed by atoms with Crippen LogP contribution in [0.4, 0.5) is 4.39 Å². The summed E-state index contributed by atoms with van der Waals surface area (Å²) in [6, 6.07) is 17.3. The molecule has 8 nitrogen and oxygen atoms in total. The number of aryl methyl sites for hydroxylation is 1. The van der Waals surface area contributed by atoms with Crippen LogP contribution in [0.2, 0.25) is 5.02 Å². The van der Waals surface area contributed by atoms with Crippen molar-refractivity contribution in [2.75, 3.05) is 13.2 Å². The number of halogens is 2. The van der Waals surface area contributed by atoms with E-state index in [4.69, 9.17) is 26.1 Å². The van der Waals surface area contributed by atoms with E-state index in [2.05, 4.69) is 23.8 Å². The van der Waals surface area contributed by atoms with Gasteiger partial charge in [-0.05, 0) is 66.1 Å². The van der Waals surface area contributed by atoms with Crippen LogP contribution in [0.3, 0.4) is 0 Å². The number of aromatic carboxylic acids is 1. The van der Waals surface area contributed by atoms with Crippen LogP contribution < -0.4 is 4.74 Å². The number of benzene rings is 3. The topological polar surface area (TPSA) is 99.4 Å². The van der Waals surface area contributed by atoms with Crippen LogP contribution in [-0.2, 0) is 17.8 Å². The molecule has 3 heterocycles. The van der Waals surface area contributed by atoms with E-state index in [1.165, 1.54) is 12.1 Å². The first kappa shape index (κ1) is 28.8. The fourth-order valence-corrected chi connectivity index (χ4v) is 5.67. The molecule has 3 aromatic carbocycles. The summed E-state index contributed by atoms with van der Waals surface area (Å²) >= 11 is 5.96. The molecule has 1 N–H and O–H groups in total. The smallest absolute Gasteiger partial charge is 0.335 e. The van der Waals surface area contributed by atoms with Crippen molar-refractivity contribution < 1.29 is 23.8 Å². The number of rotatable bonds is 8. The largest absolute Gasteiger partial charge is 0.478 e. The standard InChI is InChI=1S/C33H30ClFN4O4/c1-19-12-22(25(35)15-24(19)26-10-11-36-32(38-26)43-16-20-4-7-23(34)8-5-20)14-30-37-27-9-6-21(31(40)41)13-28(27)39(30)29-17-42-18-33(29,2)3/h4-13,15,29H,14,16-18H2,1-3H3,(H,40,41)/t29-/m1/s1. The van der Waals surface area contributed by atoms with Crippen LogP contribution in [0.25, 0.3) is 22.3 Å². The van der Waals surface area contributed by atoms with Gasteiger partial charge in [-0.2, -0.15) is 4.98 Å². The molecule has 0 radical (unpaired) electrons. The molecule has 0 unspecified atom stereocenters. The third-order valence-electron chi connectivity index (χ3n) is 7.91. The number of carboxylic acids is 1. The molecule has 6 rings (SSSR count). The molecular weight excluding hydrogens is 571 g/mol. The Bertz CT molecular complexity index is 1840. The molecule has 0 amide bonds. The van der Waals surface area contributed by atoms with E-state index < -0.39 is 11.8 Å². The number of carboxylic acid groups (broad SMARTS) is 1. The second kappa shape index (κ2) is 11.4. The SMILES string of the molecule is Cc1cc(Cc2nc3ccc(C(=O)O)cc3n2[C@@H]2COCC2(C)C)c(F)cc1-c1ccnc(OCc2ccc(Cl)cc2)n1. The molecule has 0 bridgehead atoms. The van der Waals surface area contributed by atoms with E-state index in [1.807, 2.05) is 29.7 Å². The van der Waals surface area contributed by atoms with Gasteiger partial charge in [-0.15, -0.1) is 0 Å². The Morgan fingerprint density at radius 3 is 2.65 bits per heavy atom. The van der Waals surface area contributed by atoms with Gasteiger partial charge in [-0.3, -0.25) is 0 Å². The molecule has 0 aliphatic carbocycles. The number of nitrogens with zero attached hydrogens (tertiary/aromatic N) is 4. The molecule has 1 saturated heterocycles. The molecule has 5 aromatic rings. The van der Waals surface area contributed by atoms with Crippen molar-refractivity contribution in [2.24, 2.45) is 5.41 Å². The van der Waals surface area contributed by atoms with Gasteiger partial charge >= 0.3 is 12.0 Å². The Morgan fingerprint density at radius 2 is 1.93 bits per heavy atom. The van der Waals surface area contributed by atoms with Crippen molar-refractivity contribution in [1.82, 2.24) is 19.5 Å². The maximum atomic E-state index is 15.8. The second-order valence-electron chi connectivity index (χ2n) is 11.5. The Morgan fingerprint density at radius 1 is 1.14 bits per heavy atom. The molecule has 1 fully saturated rings. The van der Waals surface area contributed by atoms with Gasteiger partial charge in [0.2, 0.25) is 0 Å². The first-order valence-electron chi connectivity index (χ1n) is 13.9. The van der Waals surface area contributed by atoms with Crippen molar-refractivity contribution >= 4 is 28.6 Å². The number of fused-ring (bicyclic) bond motifs is 1. The summed E-state index contributed by atoms with van der Waals surface area (Å²) in [5.41, 5.74) is 4.70. The molecule has 2 aromatic heterocycles. The average Bonchev–Trinajstić information content (AvgIpc) is 3.51. The van der Waals surface area contributed by atoms with Crippen molar-refractivity contribution in [3.63, 3.8) is 0 Å². The zero-order valence-electron chi connectivity index (χ0n) is 24.0. The van der Waals surface area contributed by atoms with Crippen molar-refractivity contribution in [2.45, 2.75) is 39.8 Å². The molecule has 0 spiro atoms. The maximum Gasteiger partial charge on any atom is 0.335 e. The first-order valence-corrected chi connectivity index (χ1v) is 14.3. The van der Waals surface area contributed by atoms with Crippen LogP contribution in [-0.4, -0.2) is 43.8 Å². The van der Waals surface area contributed by atoms with E-state index >= 15 is 4.39 Å². The van der Waals surface area contributed by atoms with Gasteiger partial charge in [0.1, 0.15) is 18.2 Å². The van der Waals surface area contributed by atoms with Gasteiger partial charge < -0.3 is 19.1 Å². The predicted molar refractivity (Wildman–Crippen MR) is 161 cm³/mol. The van der Waals surface area contributed by atoms with E-state index in [-0.39, 0.29) is 36.1 Å². The minimum Gasteiger partial charge on any atom is -0.478 e. The zero-order chi connectivity index (χ0) is 30.3. The third kappa shape index (κ3) is 5.83. The summed E-state index contributed by atoms with van der Waals surface area (Å²) < 4.78 is 29.4. The van der Waals surface area contributed by atoms with Gasteiger partial charge in [0.25, 0.3) is 0 Å². The zero-order valence-corrected chi connectivity index (χ0v) is 24.7. The van der Waals surface area contributed by atoms with Crippen LogP contribution in [0, 0.1) is 18.2 Å². The maximum absolute atomic E-state index is 15.8. The number of carbonyl (C=O) groups is 1. The highest BCUT2D eigenvalue weighted by atomic mass is 35.5. The number of ether oxygens (including phenoxy) is 2.